The third-order valence-corrected chi connectivity index (χ3v) is 2.43. The molecule has 1 rings (SSSR count). The number of rotatable bonds is 5. The summed E-state index contributed by atoms with van der Waals surface area (Å²) in [6.07, 6.45) is 1.35. The fourth-order valence-corrected chi connectivity index (χ4v) is 1.30. The zero-order valence-corrected chi connectivity index (χ0v) is 9.67. The number of carboxylic acid groups (broad SMARTS) is 1. The Labute approximate surface area is 94.7 Å². The number of hydrogen-bond acceptors (Lipinski definition) is 4. The van der Waals surface area contributed by atoms with Crippen molar-refractivity contribution in [1.82, 2.24) is 4.98 Å². The lowest BCUT2D eigenvalue weighted by molar-refractivity contribution is 0.0696. The van der Waals surface area contributed by atoms with Crippen LogP contribution in [0.25, 0.3) is 0 Å². The lowest BCUT2D eigenvalue weighted by Crippen LogP contribution is -2.33. The van der Waals surface area contributed by atoms with E-state index in [4.69, 9.17) is 9.84 Å². The first-order chi connectivity index (χ1) is 7.56. The van der Waals surface area contributed by atoms with Crippen LogP contribution in [0.2, 0.25) is 0 Å². The molecule has 88 valence electrons. The van der Waals surface area contributed by atoms with Crippen LogP contribution >= 0.6 is 0 Å². The van der Waals surface area contributed by atoms with Crippen molar-refractivity contribution in [1.29, 1.82) is 0 Å². The summed E-state index contributed by atoms with van der Waals surface area (Å²) >= 11 is 0. The SMILES string of the molecule is COCC(C)N(C)c1ccc(C(=O)O)cn1. The molecule has 0 aliphatic heterocycles. The summed E-state index contributed by atoms with van der Waals surface area (Å²) in [6, 6.07) is 3.42. The lowest BCUT2D eigenvalue weighted by atomic mass is 10.2. The fraction of sp³-hybridized carbons (Fsp3) is 0.455. The highest BCUT2D eigenvalue weighted by Gasteiger charge is 2.11. The number of pyridine rings is 1. The van der Waals surface area contributed by atoms with Gasteiger partial charge < -0.3 is 14.7 Å². The molecule has 5 nitrogen and oxygen atoms in total. The van der Waals surface area contributed by atoms with E-state index in [2.05, 4.69) is 4.98 Å². The van der Waals surface area contributed by atoms with Crippen LogP contribution < -0.4 is 4.90 Å². The summed E-state index contributed by atoms with van der Waals surface area (Å²) in [6.45, 7) is 2.61. The number of methoxy groups -OCH3 is 1. The number of ether oxygens (including phenoxy) is 1. The van der Waals surface area contributed by atoms with Crippen molar-refractivity contribution >= 4 is 11.8 Å². The molecule has 0 aliphatic rings. The van der Waals surface area contributed by atoms with Crippen molar-refractivity contribution in [3.63, 3.8) is 0 Å². The predicted octanol–water partition coefficient (Wildman–Crippen LogP) is 1.25. The van der Waals surface area contributed by atoms with Crippen molar-refractivity contribution in [2.24, 2.45) is 0 Å². The number of anilines is 1. The van der Waals surface area contributed by atoms with Gasteiger partial charge in [-0.25, -0.2) is 9.78 Å². The van der Waals surface area contributed by atoms with Gasteiger partial charge in [0.05, 0.1) is 18.2 Å². The van der Waals surface area contributed by atoms with Crippen LogP contribution in [0.1, 0.15) is 17.3 Å². The van der Waals surface area contributed by atoms with E-state index in [1.165, 1.54) is 6.20 Å². The molecule has 0 saturated heterocycles. The van der Waals surface area contributed by atoms with Gasteiger partial charge >= 0.3 is 5.97 Å². The number of likely N-dealkylation sites (N-methyl/N-ethyl adjacent to an activating group) is 1. The molecule has 0 radical (unpaired) electrons. The Morgan fingerprint density at radius 2 is 2.31 bits per heavy atom. The first kappa shape index (κ1) is 12.4. The summed E-state index contributed by atoms with van der Waals surface area (Å²) < 4.78 is 5.04. The summed E-state index contributed by atoms with van der Waals surface area (Å²) in [5.74, 6) is -0.235. The van der Waals surface area contributed by atoms with E-state index in [0.29, 0.717) is 6.61 Å². The topological polar surface area (TPSA) is 62.7 Å². The van der Waals surface area contributed by atoms with E-state index in [1.807, 2.05) is 18.9 Å². The number of carbonyl (C=O) groups is 1. The quantitative estimate of drug-likeness (QED) is 0.815. The van der Waals surface area contributed by atoms with Gasteiger partial charge in [-0.1, -0.05) is 0 Å². The number of carboxylic acids is 1. The van der Waals surface area contributed by atoms with Gasteiger partial charge in [-0.3, -0.25) is 0 Å². The zero-order chi connectivity index (χ0) is 12.1. The molecular formula is C11H16N2O3. The Kier molecular flexibility index (Phi) is 4.25. The third-order valence-electron chi connectivity index (χ3n) is 2.43. The average Bonchev–Trinajstić information content (AvgIpc) is 2.28. The van der Waals surface area contributed by atoms with Crippen molar-refractivity contribution in [2.45, 2.75) is 13.0 Å². The second-order valence-corrected chi connectivity index (χ2v) is 3.63. The van der Waals surface area contributed by atoms with E-state index in [-0.39, 0.29) is 11.6 Å². The normalized spacial score (nSPS) is 12.2. The minimum atomic E-state index is -0.966. The molecule has 1 atom stereocenters. The van der Waals surface area contributed by atoms with E-state index in [9.17, 15) is 4.79 Å². The van der Waals surface area contributed by atoms with Gasteiger partial charge in [0, 0.05) is 20.4 Å². The molecule has 16 heavy (non-hydrogen) atoms. The second kappa shape index (κ2) is 5.46. The molecule has 1 heterocycles. The van der Waals surface area contributed by atoms with Crippen LogP contribution in [0.15, 0.2) is 18.3 Å². The summed E-state index contributed by atoms with van der Waals surface area (Å²) in [5, 5.41) is 8.73. The van der Waals surface area contributed by atoms with Crippen LogP contribution in [0.3, 0.4) is 0 Å². The van der Waals surface area contributed by atoms with Crippen LogP contribution in [-0.2, 0) is 4.74 Å². The minimum Gasteiger partial charge on any atom is -0.478 e. The molecule has 0 bridgehead atoms. The number of hydrogen-bond donors (Lipinski definition) is 1. The molecule has 0 aromatic carbocycles. The highest BCUT2D eigenvalue weighted by atomic mass is 16.5. The first-order valence-electron chi connectivity index (χ1n) is 4.97. The Hall–Kier alpha value is -1.62. The Morgan fingerprint density at radius 1 is 1.62 bits per heavy atom. The van der Waals surface area contributed by atoms with Gasteiger partial charge in [-0.2, -0.15) is 0 Å². The monoisotopic (exact) mass is 224 g/mol. The molecule has 0 spiro atoms. The first-order valence-corrected chi connectivity index (χ1v) is 4.97. The zero-order valence-electron chi connectivity index (χ0n) is 9.67. The van der Waals surface area contributed by atoms with Crippen LogP contribution in [-0.4, -0.2) is 42.9 Å². The lowest BCUT2D eigenvalue weighted by Gasteiger charge is -2.25. The highest BCUT2D eigenvalue weighted by Crippen LogP contribution is 2.12. The minimum absolute atomic E-state index is 0.188. The maximum Gasteiger partial charge on any atom is 0.337 e. The number of aromatic carboxylic acids is 1. The predicted molar refractivity (Wildman–Crippen MR) is 60.9 cm³/mol. The third kappa shape index (κ3) is 2.93. The van der Waals surface area contributed by atoms with Gasteiger partial charge in [0.25, 0.3) is 0 Å². The molecule has 0 aliphatic carbocycles. The van der Waals surface area contributed by atoms with Crippen molar-refractivity contribution in [3.05, 3.63) is 23.9 Å². The smallest absolute Gasteiger partial charge is 0.337 e. The number of aromatic nitrogens is 1. The number of nitrogens with zero attached hydrogens (tertiary/aromatic N) is 2. The maximum absolute atomic E-state index is 10.6. The average molecular weight is 224 g/mol. The standard InChI is InChI=1S/C11H16N2O3/c1-8(7-16-3)13(2)10-5-4-9(6-12-10)11(14)15/h4-6,8H,7H2,1-3H3,(H,14,15). The summed E-state index contributed by atoms with van der Waals surface area (Å²) in [7, 11) is 3.54. The molecule has 0 fully saturated rings. The molecule has 1 aromatic rings. The molecule has 5 heteroatoms. The summed E-state index contributed by atoms with van der Waals surface area (Å²) in [5.41, 5.74) is 0.191. The highest BCUT2D eigenvalue weighted by molar-refractivity contribution is 5.87. The van der Waals surface area contributed by atoms with Gasteiger partial charge in [0.15, 0.2) is 0 Å². The Morgan fingerprint density at radius 3 is 2.75 bits per heavy atom. The van der Waals surface area contributed by atoms with Gasteiger partial charge in [-0.05, 0) is 19.1 Å². The van der Waals surface area contributed by atoms with Crippen LogP contribution in [0, 0.1) is 0 Å². The molecular weight excluding hydrogens is 208 g/mol. The van der Waals surface area contributed by atoms with Gasteiger partial charge in [-0.15, -0.1) is 0 Å². The molecule has 1 unspecified atom stereocenters. The molecule has 1 aromatic heterocycles. The maximum atomic E-state index is 10.6. The van der Waals surface area contributed by atoms with E-state index >= 15 is 0 Å². The van der Waals surface area contributed by atoms with Crippen molar-refractivity contribution in [2.75, 3.05) is 25.7 Å². The summed E-state index contributed by atoms with van der Waals surface area (Å²) in [4.78, 5) is 16.7. The second-order valence-electron chi connectivity index (χ2n) is 3.63. The van der Waals surface area contributed by atoms with E-state index in [1.54, 1.807) is 19.2 Å². The van der Waals surface area contributed by atoms with Crippen LogP contribution in [0.4, 0.5) is 5.82 Å². The fourth-order valence-electron chi connectivity index (χ4n) is 1.30. The van der Waals surface area contributed by atoms with E-state index < -0.39 is 5.97 Å². The van der Waals surface area contributed by atoms with Gasteiger partial charge in [0.2, 0.25) is 0 Å². The van der Waals surface area contributed by atoms with Crippen molar-refractivity contribution in [3.8, 4) is 0 Å². The molecule has 1 N–H and O–H groups in total. The molecule has 0 amide bonds. The van der Waals surface area contributed by atoms with E-state index in [0.717, 1.165) is 5.82 Å². The Bertz CT molecular complexity index is 351. The van der Waals surface area contributed by atoms with Crippen LogP contribution in [0.5, 0.6) is 0 Å². The molecule has 0 saturated carbocycles. The Balaban J connectivity index is 2.77. The largest absolute Gasteiger partial charge is 0.478 e. The van der Waals surface area contributed by atoms with Crippen molar-refractivity contribution < 1.29 is 14.6 Å². The van der Waals surface area contributed by atoms with Gasteiger partial charge in [0.1, 0.15) is 5.82 Å².